The lowest BCUT2D eigenvalue weighted by atomic mass is 10.2. The smallest absolute Gasteiger partial charge is 0.260 e. The zero-order valence-electron chi connectivity index (χ0n) is 16.9. The number of rotatable bonds is 6. The van der Waals surface area contributed by atoms with Crippen LogP contribution in [-0.2, 0) is 4.79 Å². The summed E-state index contributed by atoms with van der Waals surface area (Å²) in [5.74, 6) is 2.20. The van der Waals surface area contributed by atoms with E-state index in [1.54, 1.807) is 12.4 Å². The maximum atomic E-state index is 12.5. The van der Waals surface area contributed by atoms with Crippen LogP contribution in [0.25, 0.3) is 0 Å². The molecule has 0 atom stereocenters. The lowest BCUT2D eigenvalue weighted by molar-refractivity contribution is -0.133. The fourth-order valence-electron chi connectivity index (χ4n) is 3.27. The Bertz CT molecular complexity index is 972. The Kier molecular flexibility index (Phi) is 6.03. The maximum Gasteiger partial charge on any atom is 0.260 e. The molecule has 8 heteroatoms. The molecule has 3 aromatic rings. The van der Waals surface area contributed by atoms with Gasteiger partial charge in [-0.15, -0.1) is 10.2 Å². The number of carbonyl (C=O) groups is 1. The maximum absolute atomic E-state index is 12.5. The van der Waals surface area contributed by atoms with E-state index < -0.39 is 0 Å². The van der Waals surface area contributed by atoms with Crippen molar-refractivity contribution >= 4 is 23.2 Å². The second-order valence-corrected chi connectivity index (χ2v) is 7.11. The highest BCUT2D eigenvalue weighted by Crippen LogP contribution is 2.17. The Hall–Kier alpha value is -3.68. The first-order valence-electron chi connectivity index (χ1n) is 9.90. The lowest BCUT2D eigenvalue weighted by Crippen LogP contribution is -2.50. The van der Waals surface area contributed by atoms with Crippen molar-refractivity contribution in [2.75, 3.05) is 43.0 Å². The van der Waals surface area contributed by atoms with Crippen LogP contribution < -0.4 is 15.0 Å². The molecule has 1 fully saturated rings. The van der Waals surface area contributed by atoms with E-state index in [0.29, 0.717) is 32.0 Å². The number of ether oxygens (including phenoxy) is 1. The van der Waals surface area contributed by atoms with Crippen LogP contribution in [0.3, 0.4) is 0 Å². The average molecular weight is 404 g/mol. The van der Waals surface area contributed by atoms with Gasteiger partial charge in [-0.25, -0.2) is 0 Å². The summed E-state index contributed by atoms with van der Waals surface area (Å²) in [5, 5.41) is 11.8. The minimum Gasteiger partial charge on any atom is -0.484 e. The molecule has 0 saturated carbocycles. The molecule has 0 bridgehead atoms. The van der Waals surface area contributed by atoms with Crippen LogP contribution in [0.1, 0.15) is 5.56 Å². The number of anilines is 3. The second kappa shape index (κ2) is 9.21. The van der Waals surface area contributed by atoms with E-state index in [-0.39, 0.29) is 12.5 Å². The molecular weight excluding hydrogens is 380 g/mol. The van der Waals surface area contributed by atoms with Gasteiger partial charge < -0.3 is 19.9 Å². The number of nitrogens with zero attached hydrogens (tertiary/aromatic N) is 5. The Labute approximate surface area is 175 Å². The van der Waals surface area contributed by atoms with Crippen molar-refractivity contribution < 1.29 is 9.53 Å². The molecule has 1 aliphatic rings. The molecule has 8 nitrogen and oxygen atoms in total. The van der Waals surface area contributed by atoms with Crippen LogP contribution in [0.2, 0.25) is 0 Å². The van der Waals surface area contributed by atoms with Crippen molar-refractivity contribution in [3.05, 3.63) is 66.5 Å². The zero-order valence-corrected chi connectivity index (χ0v) is 16.9. The summed E-state index contributed by atoms with van der Waals surface area (Å²) in [6.45, 7) is 4.74. The Morgan fingerprint density at radius 2 is 1.83 bits per heavy atom. The summed E-state index contributed by atoms with van der Waals surface area (Å²) >= 11 is 0. The highest BCUT2D eigenvalue weighted by molar-refractivity contribution is 5.78. The number of aryl methyl sites for hydroxylation is 1. The van der Waals surface area contributed by atoms with Gasteiger partial charge in [-0.3, -0.25) is 9.78 Å². The normalized spacial score (nSPS) is 13.8. The summed E-state index contributed by atoms with van der Waals surface area (Å²) in [7, 11) is 0. The summed E-state index contributed by atoms with van der Waals surface area (Å²) in [6.07, 6.45) is 3.44. The largest absolute Gasteiger partial charge is 0.484 e. The first kappa shape index (κ1) is 19.6. The first-order chi connectivity index (χ1) is 14.7. The van der Waals surface area contributed by atoms with E-state index in [4.69, 9.17) is 4.74 Å². The number of pyridine rings is 1. The quantitative estimate of drug-likeness (QED) is 0.676. The molecule has 0 radical (unpaired) electrons. The zero-order chi connectivity index (χ0) is 20.8. The Balaban J connectivity index is 1.26. The Morgan fingerprint density at radius 3 is 2.53 bits per heavy atom. The van der Waals surface area contributed by atoms with Crippen LogP contribution in [-0.4, -0.2) is 58.8 Å². The summed E-state index contributed by atoms with van der Waals surface area (Å²) < 4.78 is 5.64. The number of piperazine rings is 1. The third-order valence-electron chi connectivity index (χ3n) is 4.91. The van der Waals surface area contributed by atoms with E-state index >= 15 is 0 Å². The second-order valence-electron chi connectivity index (χ2n) is 7.11. The molecule has 3 heterocycles. The molecule has 4 rings (SSSR count). The van der Waals surface area contributed by atoms with Gasteiger partial charge in [-0.05, 0) is 48.9 Å². The number of nitrogens with one attached hydrogen (secondary N) is 1. The first-order valence-corrected chi connectivity index (χ1v) is 9.90. The van der Waals surface area contributed by atoms with Gasteiger partial charge in [-0.2, -0.15) is 0 Å². The van der Waals surface area contributed by atoms with Gasteiger partial charge in [0.1, 0.15) is 5.75 Å². The van der Waals surface area contributed by atoms with Crippen molar-refractivity contribution in [2.45, 2.75) is 6.92 Å². The van der Waals surface area contributed by atoms with Crippen LogP contribution in [0.15, 0.2) is 60.9 Å². The van der Waals surface area contributed by atoms with E-state index in [2.05, 4.69) is 25.4 Å². The van der Waals surface area contributed by atoms with Gasteiger partial charge in [0.15, 0.2) is 18.2 Å². The van der Waals surface area contributed by atoms with Crippen LogP contribution in [0.5, 0.6) is 5.75 Å². The molecule has 0 spiro atoms. The standard InChI is InChI=1S/C22H24N6O2/c1-17-3-2-4-19(15-17)30-16-22(29)28-13-11-27(12-14-28)21-6-5-20(25-26-21)24-18-7-9-23-10-8-18/h2-10,15H,11-14,16H2,1H3,(H,23,24,25). The third kappa shape index (κ3) is 5.02. The summed E-state index contributed by atoms with van der Waals surface area (Å²) in [4.78, 5) is 20.4. The molecule has 0 aliphatic carbocycles. The van der Waals surface area contributed by atoms with Crippen molar-refractivity contribution in [3.63, 3.8) is 0 Å². The molecular formula is C22H24N6O2. The number of carbonyl (C=O) groups excluding carboxylic acids is 1. The van der Waals surface area contributed by atoms with Gasteiger partial charge in [0.2, 0.25) is 0 Å². The predicted molar refractivity (Wildman–Crippen MR) is 115 cm³/mol. The summed E-state index contributed by atoms with van der Waals surface area (Å²) in [5.41, 5.74) is 2.02. The minimum atomic E-state index is -0.000797. The predicted octanol–water partition coefficient (Wildman–Crippen LogP) is 2.65. The van der Waals surface area contributed by atoms with Crippen LogP contribution in [0.4, 0.5) is 17.3 Å². The molecule has 154 valence electrons. The molecule has 30 heavy (non-hydrogen) atoms. The Morgan fingerprint density at radius 1 is 1.03 bits per heavy atom. The number of hydrogen-bond donors (Lipinski definition) is 1. The van der Waals surface area contributed by atoms with Gasteiger partial charge in [0.25, 0.3) is 5.91 Å². The highest BCUT2D eigenvalue weighted by atomic mass is 16.5. The molecule has 1 aliphatic heterocycles. The molecule has 2 aromatic heterocycles. The lowest BCUT2D eigenvalue weighted by Gasteiger charge is -2.35. The third-order valence-corrected chi connectivity index (χ3v) is 4.91. The van der Waals surface area contributed by atoms with Crippen molar-refractivity contribution in [3.8, 4) is 5.75 Å². The highest BCUT2D eigenvalue weighted by Gasteiger charge is 2.22. The number of amides is 1. The van der Waals surface area contributed by atoms with Crippen molar-refractivity contribution in [2.24, 2.45) is 0 Å². The number of benzene rings is 1. The molecule has 0 unspecified atom stereocenters. The SMILES string of the molecule is Cc1cccc(OCC(=O)N2CCN(c3ccc(Nc4ccncc4)nn3)CC2)c1. The summed E-state index contributed by atoms with van der Waals surface area (Å²) in [6, 6.07) is 15.3. The topological polar surface area (TPSA) is 83.5 Å². The van der Waals surface area contributed by atoms with Gasteiger partial charge in [0, 0.05) is 44.3 Å². The van der Waals surface area contributed by atoms with Crippen LogP contribution >= 0.6 is 0 Å². The monoisotopic (exact) mass is 404 g/mol. The van der Waals surface area contributed by atoms with Gasteiger partial charge >= 0.3 is 0 Å². The molecule has 1 N–H and O–H groups in total. The van der Waals surface area contributed by atoms with Crippen LogP contribution in [0, 0.1) is 6.92 Å². The fraction of sp³-hybridized carbons (Fsp3) is 0.273. The van der Waals surface area contributed by atoms with Crippen molar-refractivity contribution in [1.82, 2.24) is 20.1 Å². The minimum absolute atomic E-state index is 0.000797. The van der Waals surface area contributed by atoms with Crippen molar-refractivity contribution in [1.29, 1.82) is 0 Å². The van der Waals surface area contributed by atoms with Gasteiger partial charge in [0.05, 0.1) is 0 Å². The van der Waals surface area contributed by atoms with E-state index in [1.165, 1.54) is 0 Å². The average Bonchev–Trinajstić information content (AvgIpc) is 2.79. The fourth-order valence-corrected chi connectivity index (χ4v) is 3.27. The number of aromatic nitrogens is 3. The molecule has 1 saturated heterocycles. The number of hydrogen-bond acceptors (Lipinski definition) is 7. The van der Waals surface area contributed by atoms with E-state index in [1.807, 2.05) is 60.4 Å². The van der Waals surface area contributed by atoms with Gasteiger partial charge in [-0.1, -0.05) is 12.1 Å². The molecule has 1 aromatic carbocycles. The molecule has 1 amide bonds. The van der Waals surface area contributed by atoms with E-state index in [0.717, 1.165) is 22.8 Å². The van der Waals surface area contributed by atoms with E-state index in [9.17, 15) is 4.79 Å².